The number of amides is 4. The van der Waals surface area contributed by atoms with E-state index in [2.05, 4.69) is 0 Å². The van der Waals surface area contributed by atoms with E-state index in [-0.39, 0.29) is 36.5 Å². The van der Waals surface area contributed by atoms with Gasteiger partial charge in [0.05, 0.1) is 49.5 Å². The van der Waals surface area contributed by atoms with Gasteiger partial charge in [-0.25, -0.2) is 9.80 Å². The van der Waals surface area contributed by atoms with Crippen LogP contribution in [0.15, 0.2) is 48.5 Å². The Hall–Kier alpha value is -3.76. The molecule has 10 nitrogen and oxygen atoms in total. The van der Waals surface area contributed by atoms with E-state index in [0.29, 0.717) is 62.3 Å². The van der Waals surface area contributed by atoms with Gasteiger partial charge in [0.1, 0.15) is 11.5 Å². The molecule has 3 heterocycles. The first-order valence-electron chi connectivity index (χ1n) is 14.1. The Morgan fingerprint density at radius 2 is 0.950 bits per heavy atom. The molecule has 0 saturated carbocycles. The molecular formula is C30H36N4O6. The van der Waals surface area contributed by atoms with E-state index in [1.807, 2.05) is 23.6 Å². The fourth-order valence-corrected chi connectivity index (χ4v) is 5.53. The molecule has 2 aromatic carbocycles. The Kier molecular flexibility index (Phi) is 8.46. The second-order valence-electron chi connectivity index (χ2n) is 10.3. The summed E-state index contributed by atoms with van der Waals surface area (Å²) >= 11 is 0. The molecule has 0 bridgehead atoms. The SMILES string of the molecule is CCCOc1ccc(N2C(=O)C[C@H](N3CCN([C@H]4CC(=O)N(c5ccc(OCCC)cc5)C4=O)CC3)C2=O)cc1. The number of ether oxygens (including phenoxy) is 2. The number of benzene rings is 2. The predicted molar refractivity (Wildman–Crippen MR) is 149 cm³/mol. The molecule has 0 spiro atoms. The number of anilines is 2. The molecule has 2 atom stereocenters. The summed E-state index contributed by atoms with van der Waals surface area (Å²) in [6.07, 6.45) is 2.04. The smallest absolute Gasteiger partial charge is 0.251 e. The molecule has 4 amide bonds. The lowest BCUT2D eigenvalue weighted by Crippen LogP contribution is -2.56. The lowest BCUT2D eigenvalue weighted by Gasteiger charge is -2.38. The zero-order valence-corrected chi connectivity index (χ0v) is 23.1. The molecule has 212 valence electrons. The largest absolute Gasteiger partial charge is 0.494 e. The van der Waals surface area contributed by atoms with Gasteiger partial charge >= 0.3 is 0 Å². The topological polar surface area (TPSA) is 99.7 Å². The highest BCUT2D eigenvalue weighted by Crippen LogP contribution is 2.30. The highest BCUT2D eigenvalue weighted by atomic mass is 16.5. The molecule has 3 saturated heterocycles. The molecule has 0 aromatic heterocycles. The van der Waals surface area contributed by atoms with Crippen LogP contribution in [0.3, 0.4) is 0 Å². The molecule has 3 fully saturated rings. The van der Waals surface area contributed by atoms with E-state index in [4.69, 9.17) is 9.47 Å². The van der Waals surface area contributed by atoms with E-state index < -0.39 is 12.1 Å². The molecule has 3 aliphatic heterocycles. The van der Waals surface area contributed by atoms with Crippen LogP contribution in [-0.4, -0.2) is 84.9 Å². The Balaban J connectivity index is 1.18. The lowest BCUT2D eigenvalue weighted by atomic mass is 10.1. The van der Waals surface area contributed by atoms with Crippen LogP contribution < -0.4 is 19.3 Å². The molecule has 0 radical (unpaired) electrons. The van der Waals surface area contributed by atoms with Crippen LogP contribution in [0.25, 0.3) is 0 Å². The van der Waals surface area contributed by atoms with Crippen molar-refractivity contribution in [2.24, 2.45) is 0 Å². The van der Waals surface area contributed by atoms with E-state index >= 15 is 0 Å². The maximum absolute atomic E-state index is 13.3. The van der Waals surface area contributed by atoms with E-state index in [1.165, 1.54) is 9.80 Å². The van der Waals surface area contributed by atoms with Gasteiger partial charge in [0.15, 0.2) is 0 Å². The normalized spacial score (nSPS) is 22.4. The number of rotatable bonds is 10. The van der Waals surface area contributed by atoms with Gasteiger partial charge < -0.3 is 9.47 Å². The molecule has 5 rings (SSSR count). The second-order valence-corrected chi connectivity index (χ2v) is 10.3. The van der Waals surface area contributed by atoms with E-state index in [9.17, 15) is 19.2 Å². The summed E-state index contributed by atoms with van der Waals surface area (Å²) in [5.74, 6) is 0.495. The third-order valence-electron chi connectivity index (χ3n) is 7.61. The van der Waals surface area contributed by atoms with E-state index in [1.54, 1.807) is 48.5 Å². The number of imide groups is 2. The first-order valence-corrected chi connectivity index (χ1v) is 14.1. The number of hydrogen-bond donors (Lipinski definition) is 0. The minimum Gasteiger partial charge on any atom is -0.494 e. The Morgan fingerprint density at radius 1 is 0.600 bits per heavy atom. The standard InChI is InChI=1S/C30H36N4O6/c1-3-17-39-23-9-5-21(6-10-23)33-27(35)19-25(29(33)37)31-13-15-32(16-14-31)26-20-28(36)34(30(26)38)22-7-11-24(12-8-22)40-18-4-2/h5-12,25-26H,3-4,13-20H2,1-2H3/t25-,26-/m0/s1. The first kappa shape index (κ1) is 27.8. The molecular weight excluding hydrogens is 512 g/mol. The van der Waals surface area contributed by atoms with Crippen molar-refractivity contribution in [1.29, 1.82) is 0 Å². The maximum atomic E-state index is 13.3. The fraction of sp³-hybridized carbons (Fsp3) is 0.467. The molecule has 10 heteroatoms. The minimum atomic E-state index is -0.531. The zero-order valence-electron chi connectivity index (χ0n) is 23.1. The van der Waals surface area contributed by atoms with Crippen molar-refractivity contribution in [2.45, 2.75) is 51.6 Å². The van der Waals surface area contributed by atoms with Crippen molar-refractivity contribution in [3.8, 4) is 11.5 Å². The van der Waals surface area contributed by atoms with Gasteiger partial charge in [0.2, 0.25) is 11.8 Å². The number of carbonyl (C=O) groups is 4. The fourth-order valence-electron chi connectivity index (χ4n) is 5.53. The molecule has 40 heavy (non-hydrogen) atoms. The quantitative estimate of drug-likeness (QED) is 0.418. The van der Waals surface area contributed by atoms with Crippen molar-refractivity contribution in [3.05, 3.63) is 48.5 Å². The Morgan fingerprint density at radius 3 is 1.27 bits per heavy atom. The number of nitrogens with zero attached hydrogens (tertiary/aromatic N) is 4. The molecule has 0 unspecified atom stereocenters. The monoisotopic (exact) mass is 548 g/mol. The highest BCUT2D eigenvalue weighted by molar-refractivity contribution is 6.23. The van der Waals surface area contributed by atoms with Crippen molar-refractivity contribution < 1.29 is 28.7 Å². The van der Waals surface area contributed by atoms with Crippen LogP contribution in [0.5, 0.6) is 11.5 Å². The Bertz CT molecular complexity index is 1140. The molecule has 0 aliphatic carbocycles. The number of carbonyl (C=O) groups excluding carboxylic acids is 4. The maximum Gasteiger partial charge on any atom is 0.251 e. The number of piperazine rings is 1. The summed E-state index contributed by atoms with van der Waals surface area (Å²) in [4.78, 5) is 58.8. The van der Waals surface area contributed by atoms with Gasteiger partial charge in [-0.15, -0.1) is 0 Å². The van der Waals surface area contributed by atoms with Crippen LogP contribution >= 0.6 is 0 Å². The summed E-state index contributed by atoms with van der Waals surface area (Å²) in [7, 11) is 0. The molecule has 3 aliphatic rings. The summed E-state index contributed by atoms with van der Waals surface area (Å²) < 4.78 is 11.2. The zero-order chi connectivity index (χ0) is 28.2. The van der Waals surface area contributed by atoms with Gasteiger partial charge in [-0.2, -0.15) is 0 Å². The van der Waals surface area contributed by atoms with Crippen molar-refractivity contribution in [2.75, 3.05) is 49.2 Å². The van der Waals surface area contributed by atoms with E-state index in [0.717, 1.165) is 12.8 Å². The van der Waals surface area contributed by atoms with Crippen molar-refractivity contribution >= 4 is 35.0 Å². The van der Waals surface area contributed by atoms with Gasteiger partial charge in [0, 0.05) is 26.2 Å². The highest BCUT2D eigenvalue weighted by Gasteiger charge is 2.46. The molecule has 2 aromatic rings. The third kappa shape index (κ3) is 5.59. The van der Waals surface area contributed by atoms with Crippen molar-refractivity contribution in [1.82, 2.24) is 9.80 Å². The Labute approximate surface area is 234 Å². The average Bonchev–Trinajstić information content (AvgIpc) is 3.44. The van der Waals surface area contributed by atoms with Gasteiger partial charge in [-0.05, 0) is 61.4 Å². The van der Waals surface area contributed by atoms with Gasteiger partial charge in [-0.1, -0.05) is 13.8 Å². The average molecular weight is 549 g/mol. The summed E-state index contributed by atoms with van der Waals surface area (Å²) in [6.45, 7) is 7.39. The number of hydrogen-bond acceptors (Lipinski definition) is 8. The minimum absolute atomic E-state index is 0.125. The summed E-state index contributed by atoms with van der Waals surface area (Å²) in [6, 6.07) is 13.0. The van der Waals surface area contributed by atoms with Crippen LogP contribution in [0.1, 0.15) is 39.5 Å². The van der Waals surface area contributed by atoms with Gasteiger partial charge in [-0.3, -0.25) is 29.0 Å². The summed E-state index contributed by atoms with van der Waals surface area (Å²) in [5, 5.41) is 0. The van der Waals surface area contributed by atoms with Gasteiger partial charge in [0.25, 0.3) is 11.8 Å². The van der Waals surface area contributed by atoms with Crippen LogP contribution in [0, 0.1) is 0 Å². The van der Waals surface area contributed by atoms with Crippen LogP contribution in [0.4, 0.5) is 11.4 Å². The third-order valence-corrected chi connectivity index (χ3v) is 7.61. The second kappa shape index (κ2) is 12.2. The predicted octanol–water partition coefficient (Wildman–Crippen LogP) is 2.85. The van der Waals surface area contributed by atoms with Crippen LogP contribution in [-0.2, 0) is 19.2 Å². The van der Waals surface area contributed by atoms with Crippen LogP contribution in [0.2, 0.25) is 0 Å². The van der Waals surface area contributed by atoms with Crippen molar-refractivity contribution in [3.63, 3.8) is 0 Å². The summed E-state index contributed by atoms with van der Waals surface area (Å²) in [5.41, 5.74) is 1.08. The first-order chi connectivity index (χ1) is 19.4. The molecule has 0 N–H and O–H groups in total. The lowest BCUT2D eigenvalue weighted by molar-refractivity contribution is -0.126.